The largest absolute Gasteiger partial charge is 0.392 e. The van der Waals surface area contributed by atoms with Gasteiger partial charge in [-0.2, -0.15) is 0 Å². The number of nitrogens with zero attached hydrogens (tertiary/aromatic N) is 1. The van der Waals surface area contributed by atoms with Gasteiger partial charge < -0.3 is 16.2 Å². The fraction of sp³-hybridized carbons (Fsp3) is 0.417. The van der Waals surface area contributed by atoms with E-state index in [9.17, 15) is 20.0 Å². The molecule has 7 heteroatoms. The van der Waals surface area contributed by atoms with E-state index < -0.39 is 23.0 Å². The summed E-state index contributed by atoms with van der Waals surface area (Å²) in [5.41, 5.74) is 5.86. The standard InChI is InChI=1S/C12H17N3O4/c1-7-4-3-5-10(15(18)19)11(7)12(17)14-6-9(13)8(2)16/h3-5,8-9,16H,6,13H2,1-2H3,(H,14,17). The third kappa shape index (κ3) is 3.73. The first-order chi connectivity index (χ1) is 8.84. The average Bonchev–Trinajstić information content (AvgIpc) is 2.34. The lowest BCUT2D eigenvalue weighted by atomic mass is 10.1. The second-order valence-electron chi connectivity index (χ2n) is 4.34. The number of benzene rings is 1. The van der Waals surface area contributed by atoms with Crippen molar-refractivity contribution in [2.75, 3.05) is 6.54 Å². The minimum atomic E-state index is -0.771. The summed E-state index contributed by atoms with van der Waals surface area (Å²) >= 11 is 0. The number of nitro groups is 1. The number of nitro benzene ring substituents is 1. The summed E-state index contributed by atoms with van der Waals surface area (Å²) in [6.45, 7) is 3.17. The van der Waals surface area contributed by atoms with Gasteiger partial charge in [0.2, 0.25) is 0 Å². The summed E-state index contributed by atoms with van der Waals surface area (Å²) in [5, 5.41) is 22.6. The van der Waals surface area contributed by atoms with E-state index in [1.807, 2.05) is 0 Å². The molecule has 0 aliphatic heterocycles. The molecule has 7 nitrogen and oxygen atoms in total. The quantitative estimate of drug-likeness (QED) is 0.525. The van der Waals surface area contributed by atoms with Gasteiger partial charge in [0.15, 0.2) is 0 Å². The Morgan fingerprint density at radius 3 is 2.74 bits per heavy atom. The molecule has 0 aliphatic rings. The van der Waals surface area contributed by atoms with E-state index in [0.717, 1.165) is 0 Å². The van der Waals surface area contributed by atoms with Gasteiger partial charge in [-0.3, -0.25) is 14.9 Å². The first kappa shape index (κ1) is 15.1. The number of nitrogens with two attached hydrogens (primary N) is 1. The van der Waals surface area contributed by atoms with Crippen LogP contribution in [0.4, 0.5) is 5.69 Å². The molecule has 1 aromatic carbocycles. The van der Waals surface area contributed by atoms with E-state index in [1.54, 1.807) is 13.0 Å². The predicted molar refractivity (Wildman–Crippen MR) is 69.8 cm³/mol. The number of aliphatic hydroxyl groups excluding tert-OH is 1. The molecule has 0 heterocycles. The average molecular weight is 267 g/mol. The van der Waals surface area contributed by atoms with Crippen molar-refractivity contribution >= 4 is 11.6 Å². The second-order valence-corrected chi connectivity index (χ2v) is 4.34. The molecule has 0 saturated carbocycles. The van der Waals surface area contributed by atoms with Gasteiger partial charge in [-0.05, 0) is 19.4 Å². The second kappa shape index (κ2) is 6.26. The number of hydrogen-bond acceptors (Lipinski definition) is 5. The maximum Gasteiger partial charge on any atom is 0.282 e. The van der Waals surface area contributed by atoms with Crippen molar-refractivity contribution in [2.24, 2.45) is 5.73 Å². The van der Waals surface area contributed by atoms with Crippen LogP contribution in [-0.2, 0) is 0 Å². The monoisotopic (exact) mass is 267 g/mol. The number of carbonyl (C=O) groups is 1. The molecule has 104 valence electrons. The van der Waals surface area contributed by atoms with Gasteiger partial charge >= 0.3 is 0 Å². The number of aryl methyl sites for hydroxylation is 1. The minimum absolute atomic E-state index is 0.0188. The highest BCUT2D eigenvalue weighted by Gasteiger charge is 2.22. The lowest BCUT2D eigenvalue weighted by molar-refractivity contribution is -0.385. The van der Waals surface area contributed by atoms with Gasteiger partial charge in [-0.25, -0.2) is 0 Å². The van der Waals surface area contributed by atoms with E-state index >= 15 is 0 Å². The molecular formula is C12H17N3O4. The molecule has 0 fully saturated rings. The Bertz CT molecular complexity index is 488. The number of nitrogens with one attached hydrogen (secondary N) is 1. The van der Waals surface area contributed by atoms with E-state index in [4.69, 9.17) is 5.73 Å². The van der Waals surface area contributed by atoms with Crippen LogP contribution < -0.4 is 11.1 Å². The third-order valence-corrected chi connectivity index (χ3v) is 2.79. The number of carbonyl (C=O) groups excluding carboxylic acids is 1. The van der Waals surface area contributed by atoms with Crippen LogP contribution in [-0.4, -0.2) is 34.6 Å². The van der Waals surface area contributed by atoms with Crippen molar-refractivity contribution in [2.45, 2.75) is 26.0 Å². The van der Waals surface area contributed by atoms with Crippen LogP contribution in [0.5, 0.6) is 0 Å². The fourth-order valence-electron chi connectivity index (χ4n) is 1.57. The van der Waals surface area contributed by atoms with Crippen LogP contribution in [0.15, 0.2) is 18.2 Å². The summed E-state index contributed by atoms with van der Waals surface area (Å²) in [4.78, 5) is 22.3. The van der Waals surface area contributed by atoms with Crippen molar-refractivity contribution in [3.05, 3.63) is 39.4 Å². The van der Waals surface area contributed by atoms with Crippen LogP contribution >= 0.6 is 0 Å². The third-order valence-electron chi connectivity index (χ3n) is 2.79. The molecule has 0 radical (unpaired) electrons. The van der Waals surface area contributed by atoms with Crippen molar-refractivity contribution in [1.29, 1.82) is 0 Å². The Kier molecular flexibility index (Phi) is 4.96. The first-order valence-electron chi connectivity index (χ1n) is 5.80. The van der Waals surface area contributed by atoms with Crippen LogP contribution in [0.1, 0.15) is 22.8 Å². The van der Waals surface area contributed by atoms with Gasteiger partial charge in [0.25, 0.3) is 11.6 Å². The molecule has 0 aromatic heterocycles. The summed E-state index contributed by atoms with van der Waals surface area (Å²) in [6, 6.07) is 3.80. The van der Waals surface area contributed by atoms with Crippen molar-refractivity contribution in [1.82, 2.24) is 5.32 Å². The zero-order chi connectivity index (χ0) is 14.6. The van der Waals surface area contributed by atoms with E-state index in [1.165, 1.54) is 19.1 Å². The predicted octanol–water partition coefficient (Wildman–Crippen LogP) is 0.341. The highest BCUT2D eigenvalue weighted by Crippen LogP contribution is 2.21. The Morgan fingerprint density at radius 1 is 1.58 bits per heavy atom. The summed E-state index contributed by atoms with van der Waals surface area (Å²) in [7, 11) is 0. The van der Waals surface area contributed by atoms with Crippen molar-refractivity contribution < 1.29 is 14.8 Å². The van der Waals surface area contributed by atoms with E-state index in [2.05, 4.69) is 5.32 Å². The Hall–Kier alpha value is -1.99. The molecule has 1 amide bonds. The molecule has 0 aliphatic carbocycles. The number of amides is 1. The summed E-state index contributed by atoms with van der Waals surface area (Å²) in [5.74, 6) is -0.569. The maximum atomic E-state index is 12.0. The normalized spacial score (nSPS) is 13.7. The number of hydrogen-bond donors (Lipinski definition) is 3. The van der Waals surface area contributed by atoms with E-state index in [0.29, 0.717) is 5.56 Å². The van der Waals surface area contributed by atoms with Gasteiger partial charge in [0.1, 0.15) is 5.56 Å². The SMILES string of the molecule is Cc1cccc([N+](=O)[O-])c1C(=O)NCC(N)C(C)O. The zero-order valence-electron chi connectivity index (χ0n) is 10.8. The molecule has 1 aromatic rings. The van der Waals surface area contributed by atoms with Gasteiger partial charge in [-0.1, -0.05) is 12.1 Å². The molecule has 1 rings (SSSR count). The molecule has 0 bridgehead atoms. The molecular weight excluding hydrogens is 250 g/mol. The Balaban J connectivity index is 2.91. The highest BCUT2D eigenvalue weighted by atomic mass is 16.6. The Morgan fingerprint density at radius 2 is 2.21 bits per heavy atom. The smallest absolute Gasteiger partial charge is 0.282 e. The maximum absolute atomic E-state index is 12.0. The molecule has 19 heavy (non-hydrogen) atoms. The fourth-order valence-corrected chi connectivity index (χ4v) is 1.57. The first-order valence-corrected chi connectivity index (χ1v) is 5.80. The van der Waals surface area contributed by atoms with Crippen LogP contribution in [0, 0.1) is 17.0 Å². The van der Waals surface area contributed by atoms with Crippen molar-refractivity contribution in [3.8, 4) is 0 Å². The number of aliphatic hydroxyl groups is 1. The highest BCUT2D eigenvalue weighted by molar-refractivity contribution is 5.99. The van der Waals surface area contributed by atoms with E-state index in [-0.39, 0.29) is 17.8 Å². The lowest BCUT2D eigenvalue weighted by Crippen LogP contribution is -2.43. The van der Waals surface area contributed by atoms with Gasteiger partial charge in [-0.15, -0.1) is 0 Å². The van der Waals surface area contributed by atoms with Crippen LogP contribution in [0.2, 0.25) is 0 Å². The van der Waals surface area contributed by atoms with Gasteiger partial charge in [0.05, 0.1) is 11.0 Å². The topological polar surface area (TPSA) is 118 Å². The molecule has 0 spiro atoms. The lowest BCUT2D eigenvalue weighted by Gasteiger charge is -2.15. The number of rotatable bonds is 5. The van der Waals surface area contributed by atoms with Crippen molar-refractivity contribution in [3.63, 3.8) is 0 Å². The molecule has 0 saturated heterocycles. The zero-order valence-corrected chi connectivity index (χ0v) is 10.8. The minimum Gasteiger partial charge on any atom is -0.392 e. The molecule has 2 atom stereocenters. The summed E-state index contributed by atoms with van der Waals surface area (Å²) < 4.78 is 0. The Labute approximate surface area is 110 Å². The summed E-state index contributed by atoms with van der Waals surface area (Å²) in [6.07, 6.45) is -0.771. The molecule has 2 unspecified atom stereocenters. The van der Waals surface area contributed by atoms with Gasteiger partial charge in [0, 0.05) is 18.7 Å². The van der Waals surface area contributed by atoms with Crippen LogP contribution in [0.25, 0.3) is 0 Å². The van der Waals surface area contributed by atoms with Crippen LogP contribution in [0.3, 0.4) is 0 Å². The molecule has 4 N–H and O–H groups in total.